The van der Waals surface area contributed by atoms with Crippen molar-refractivity contribution in [1.82, 2.24) is 0 Å². The van der Waals surface area contributed by atoms with Crippen molar-refractivity contribution in [2.75, 3.05) is 0 Å². The van der Waals surface area contributed by atoms with E-state index >= 15 is 0 Å². The molecule has 0 aromatic rings. The van der Waals surface area contributed by atoms with Crippen LogP contribution in [0.3, 0.4) is 0 Å². The summed E-state index contributed by atoms with van der Waals surface area (Å²) in [6.45, 7) is 18.5. The van der Waals surface area contributed by atoms with Crippen LogP contribution >= 0.6 is 0 Å². The molecule has 0 atom stereocenters. The summed E-state index contributed by atoms with van der Waals surface area (Å²) in [7, 11) is -1.03. The van der Waals surface area contributed by atoms with Crippen molar-refractivity contribution in [3.8, 4) is 0 Å². The number of rotatable bonds is 2. The number of hydrogen-bond donors (Lipinski definition) is 0. The first-order valence-corrected chi connectivity index (χ1v) is 8.84. The Morgan fingerprint density at radius 2 is 0.929 bits per heavy atom. The Kier molecular flexibility index (Phi) is 7.34. The molecule has 0 saturated heterocycles. The molecule has 0 saturated carbocycles. The van der Waals surface area contributed by atoms with Gasteiger partial charge in [-0.3, -0.25) is 0 Å². The normalized spacial score (nSPS) is 13.3. The SMILES string of the molecule is C[Si]([N-][Si](C)C(C)(C)C)C(C)(C)C.[Li+]. The van der Waals surface area contributed by atoms with Gasteiger partial charge in [-0.1, -0.05) is 82.6 Å². The maximum Gasteiger partial charge on any atom is 1.00 e. The molecule has 0 spiro atoms. The second kappa shape index (κ2) is 5.91. The number of nitrogens with zero attached hydrogens (tertiary/aromatic N) is 1. The van der Waals surface area contributed by atoms with E-state index in [1.807, 2.05) is 0 Å². The third kappa shape index (κ3) is 6.47. The Morgan fingerprint density at radius 3 is 1.07 bits per heavy atom. The van der Waals surface area contributed by atoms with E-state index in [0.717, 1.165) is 0 Å². The number of hydrogen-bond acceptors (Lipinski definition) is 0. The minimum absolute atomic E-state index is 0. The molecule has 0 amide bonds. The van der Waals surface area contributed by atoms with E-state index in [-0.39, 0.29) is 18.9 Å². The molecule has 2 radical (unpaired) electrons. The maximum atomic E-state index is 5.02. The molecule has 0 aliphatic carbocycles. The van der Waals surface area contributed by atoms with Crippen molar-refractivity contribution >= 4 is 17.9 Å². The largest absolute Gasteiger partial charge is 1.00 e. The molecule has 0 aliphatic heterocycles. The zero-order chi connectivity index (χ0) is 10.9. The van der Waals surface area contributed by atoms with Crippen LogP contribution in [0.25, 0.3) is 4.65 Å². The van der Waals surface area contributed by atoms with E-state index in [1.54, 1.807) is 0 Å². The van der Waals surface area contributed by atoms with Gasteiger partial charge in [0.15, 0.2) is 0 Å². The summed E-state index contributed by atoms with van der Waals surface area (Å²) >= 11 is 0. The summed E-state index contributed by atoms with van der Waals surface area (Å²) in [6, 6.07) is 0. The Hall–Kier alpha value is 0.991. The van der Waals surface area contributed by atoms with Crippen LogP contribution in [0, 0.1) is 0 Å². The fraction of sp³-hybridized carbons (Fsp3) is 1.00. The average Bonchev–Trinajstić information content (AvgIpc) is 1.82. The van der Waals surface area contributed by atoms with Gasteiger partial charge in [0.1, 0.15) is 0 Å². The van der Waals surface area contributed by atoms with Crippen LogP contribution < -0.4 is 18.9 Å². The van der Waals surface area contributed by atoms with Crippen LogP contribution in [0.15, 0.2) is 0 Å². The minimum Gasteiger partial charge on any atom is -0.671 e. The zero-order valence-corrected chi connectivity index (χ0v) is 13.4. The summed E-state index contributed by atoms with van der Waals surface area (Å²) in [6.07, 6.45) is 0. The minimum atomic E-state index is -0.516. The third-order valence-corrected chi connectivity index (χ3v) is 9.53. The predicted octanol–water partition coefficient (Wildman–Crippen LogP) is 1.21. The standard InChI is InChI=1S/C10H24NSi2.Li/c1-9(2,3)12(7)11-13(8)10(4,5)6;/h1-8H3;/q-1;+1. The van der Waals surface area contributed by atoms with Crippen LogP contribution in [0.4, 0.5) is 0 Å². The van der Waals surface area contributed by atoms with Crippen molar-refractivity contribution < 1.29 is 18.9 Å². The van der Waals surface area contributed by atoms with Gasteiger partial charge in [-0.25, -0.2) is 0 Å². The Morgan fingerprint density at radius 1 is 0.714 bits per heavy atom. The second-order valence-corrected chi connectivity index (χ2v) is 12.0. The van der Waals surface area contributed by atoms with Crippen molar-refractivity contribution in [3.05, 3.63) is 4.65 Å². The molecule has 0 heterocycles. The first-order chi connectivity index (χ1) is 5.55. The average molecular weight is 221 g/mol. The summed E-state index contributed by atoms with van der Waals surface area (Å²) < 4.78 is 5.02. The summed E-state index contributed by atoms with van der Waals surface area (Å²) in [4.78, 5) is 0. The van der Waals surface area contributed by atoms with Crippen LogP contribution in [0.1, 0.15) is 41.5 Å². The van der Waals surface area contributed by atoms with E-state index in [2.05, 4.69) is 54.6 Å². The van der Waals surface area contributed by atoms with Gasteiger partial charge in [0.2, 0.25) is 0 Å². The van der Waals surface area contributed by atoms with Gasteiger partial charge in [0, 0.05) is 0 Å². The monoisotopic (exact) mass is 221 g/mol. The van der Waals surface area contributed by atoms with Gasteiger partial charge >= 0.3 is 18.9 Å². The first kappa shape index (κ1) is 17.4. The van der Waals surface area contributed by atoms with Gasteiger partial charge in [-0.05, 0) is 0 Å². The molecule has 0 N–H and O–H groups in total. The third-order valence-electron chi connectivity index (χ3n) is 2.51. The molecule has 0 aromatic carbocycles. The van der Waals surface area contributed by atoms with Crippen molar-refractivity contribution in [1.29, 1.82) is 0 Å². The molecule has 0 unspecified atom stereocenters. The first-order valence-electron chi connectivity index (χ1n) is 4.95. The Bertz CT molecular complexity index is 142. The quantitative estimate of drug-likeness (QED) is 0.622. The van der Waals surface area contributed by atoms with Crippen LogP contribution in [0.2, 0.25) is 23.2 Å². The smallest absolute Gasteiger partial charge is 0.671 e. The summed E-state index contributed by atoms with van der Waals surface area (Å²) in [5, 5.41) is 0.837. The van der Waals surface area contributed by atoms with Gasteiger partial charge in [0.25, 0.3) is 0 Å². The van der Waals surface area contributed by atoms with Crippen LogP contribution in [-0.4, -0.2) is 17.9 Å². The molecule has 4 heteroatoms. The fourth-order valence-electron chi connectivity index (χ4n) is 0.587. The van der Waals surface area contributed by atoms with Crippen molar-refractivity contribution in [3.63, 3.8) is 0 Å². The molecule has 1 nitrogen and oxygen atoms in total. The molecule has 14 heavy (non-hydrogen) atoms. The van der Waals surface area contributed by atoms with E-state index < -0.39 is 17.9 Å². The molecular weight excluding hydrogens is 197 g/mol. The summed E-state index contributed by atoms with van der Waals surface area (Å²) in [5.41, 5.74) is 0. The zero-order valence-electron chi connectivity index (χ0n) is 11.4. The topological polar surface area (TPSA) is 14.1 Å². The predicted molar refractivity (Wildman–Crippen MR) is 66.0 cm³/mol. The van der Waals surface area contributed by atoms with Gasteiger partial charge in [0.05, 0.1) is 0 Å². The van der Waals surface area contributed by atoms with E-state index in [4.69, 9.17) is 4.65 Å². The van der Waals surface area contributed by atoms with Crippen molar-refractivity contribution in [2.24, 2.45) is 0 Å². The van der Waals surface area contributed by atoms with Gasteiger partial charge in [-0.2, -0.15) is 0 Å². The van der Waals surface area contributed by atoms with E-state index in [9.17, 15) is 0 Å². The summed E-state index contributed by atoms with van der Waals surface area (Å²) in [5.74, 6) is 0. The molecule has 0 bridgehead atoms. The van der Waals surface area contributed by atoms with Gasteiger partial charge < -0.3 is 4.65 Å². The molecule has 0 fully saturated rings. The fourth-order valence-corrected chi connectivity index (χ4v) is 5.28. The molecular formula is C10H24LiNSi2. The Balaban J connectivity index is 0. The van der Waals surface area contributed by atoms with Crippen LogP contribution in [-0.2, 0) is 0 Å². The van der Waals surface area contributed by atoms with Crippen molar-refractivity contribution in [2.45, 2.75) is 64.7 Å². The molecule has 0 rings (SSSR count). The molecule has 0 aromatic heterocycles. The van der Waals surface area contributed by atoms with Gasteiger partial charge in [-0.15, -0.1) is 0 Å². The van der Waals surface area contributed by atoms with E-state index in [1.165, 1.54) is 0 Å². The molecule has 78 valence electrons. The Labute approximate surface area is 106 Å². The molecule has 0 aliphatic rings. The second-order valence-electron chi connectivity index (χ2n) is 5.78. The van der Waals surface area contributed by atoms with Crippen LogP contribution in [0.5, 0.6) is 0 Å². The maximum absolute atomic E-state index is 5.02. The van der Waals surface area contributed by atoms with E-state index in [0.29, 0.717) is 10.1 Å².